The average Bonchev–Trinajstić information content (AvgIpc) is 2.67. The number of methoxy groups -OCH3 is 1. The van der Waals surface area contributed by atoms with E-state index < -0.39 is 0 Å². The summed E-state index contributed by atoms with van der Waals surface area (Å²) in [7, 11) is 1.60. The number of nitrogens with zero attached hydrogens (tertiary/aromatic N) is 2. The Labute approximate surface area is 99.8 Å². The molecule has 0 spiro atoms. The monoisotopic (exact) mass is 233 g/mol. The van der Waals surface area contributed by atoms with Crippen molar-refractivity contribution in [2.24, 2.45) is 0 Å². The molecule has 2 rings (SSSR count). The highest BCUT2D eigenvalue weighted by Gasteiger charge is 2.08. The first-order chi connectivity index (χ1) is 8.20. The van der Waals surface area contributed by atoms with Gasteiger partial charge in [-0.3, -0.25) is 0 Å². The lowest BCUT2D eigenvalue weighted by molar-refractivity contribution is 0.392. The zero-order chi connectivity index (χ0) is 12.3. The van der Waals surface area contributed by atoms with E-state index in [1.165, 1.54) is 0 Å². The first-order valence-electron chi connectivity index (χ1n) is 5.37. The van der Waals surface area contributed by atoms with Crippen LogP contribution in [-0.4, -0.2) is 17.3 Å². The van der Waals surface area contributed by atoms with Gasteiger partial charge in [-0.2, -0.15) is 4.98 Å². The Balaban J connectivity index is 2.07. The van der Waals surface area contributed by atoms with Gasteiger partial charge in [0.05, 0.1) is 12.8 Å². The van der Waals surface area contributed by atoms with E-state index in [1.807, 2.05) is 26.0 Å². The summed E-state index contributed by atoms with van der Waals surface area (Å²) in [4.78, 5) is 4.27. The minimum Gasteiger partial charge on any atom is -0.481 e. The van der Waals surface area contributed by atoms with Crippen LogP contribution < -0.4 is 10.1 Å². The maximum absolute atomic E-state index is 5.09. The SMILES string of the molecule is COc1cccc(NCc2c(C)noc2C)n1. The molecule has 90 valence electrons. The number of hydrogen-bond donors (Lipinski definition) is 1. The Kier molecular flexibility index (Phi) is 3.27. The van der Waals surface area contributed by atoms with Crippen molar-refractivity contribution in [1.82, 2.24) is 10.1 Å². The van der Waals surface area contributed by atoms with Gasteiger partial charge in [-0.25, -0.2) is 0 Å². The van der Waals surface area contributed by atoms with Crippen LogP contribution in [0.5, 0.6) is 5.88 Å². The number of rotatable bonds is 4. The summed E-state index contributed by atoms with van der Waals surface area (Å²) >= 11 is 0. The summed E-state index contributed by atoms with van der Waals surface area (Å²) in [5.41, 5.74) is 1.97. The van der Waals surface area contributed by atoms with E-state index >= 15 is 0 Å². The zero-order valence-electron chi connectivity index (χ0n) is 10.2. The van der Waals surface area contributed by atoms with Crippen LogP contribution in [0.25, 0.3) is 0 Å². The van der Waals surface area contributed by atoms with E-state index in [0.29, 0.717) is 12.4 Å². The largest absolute Gasteiger partial charge is 0.481 e. The summed E-state index contributed by atoms with van der Waals surface area (Å²) in [6.07, 6.45) is 0. The summed E-state index contributed by atoms with van der Waals surface area (Å²) in [5, 5.41) is 7.11. The average molecular weight is 233 g/mol. The Hall–Kier alpha value is -2.04. The van der Waals surface area contributed by atoms with Gasteiger partial charge < -0.3 is 14.6 Å². The number of hydrogen-bond acceptors (Lipinski definition) is 5. The highest BCUT2D eigenvalue weighted by atomic mass is 16.5. The van der Waals surface area contributed by atoms with Crippen molar-refractivity contribution in [3.63, 3.8) is 0 Å². The van der Waals surface area contributed by atoms with E-state index in [1.54, 1.807) is 13.2 Å². The van der Waals surface area contributed by atoms with Crippen LogP contribution in [0.1, 0.15) is 17.0 Å². The van der Waals surface area contributed by atoms with Gasteiger partial charge in [0.1, 0.15) is 11.6 Å². The second-order valence-corrected chi connectivity index (χ2v) is 3.72. The van der Waals surface area contributed by atoms with E-state index in [9.17, 15) is 0 Å². The second-order valence-electron chi connectivity index (χ2n) is 3.72. The van der Waals surface area contributed by atoms with Gasteiger partial charge in [0.25, 0.3) is 0 Å². The smallest absolute Gasteiger partial charge is 0.214 e. The maximum atomic E-state index is 5.09. The number of anilines is 1. The second kappa shape index (κ2) is 4.86. The first-order valence-corrected chi connectivity index (χ1v) is 5.37. The molecule has 0 bridgehead atoms. The molecule has 1 N–H and O–H groups in total. The Morgan fingerprint density at radius 3 is 2.82 bits per heavy atom. The van der Waals surface area contributed by atoms with Crippen LogP contribution >= 0.6 is 0 Å². The zero-order valence-corrected chi connectivity index (χ0v) is 10.2. The fourth-order valence-electron chi connectivity index (χ4n) is 1.56. The standard InChI is InChI=1S/C12H15N3O2/c1-8-10(9(2)17-15-8)7-13-11-5-4-6-12(14-11)16-3/h4-6H,7H2,1-3H3,(H,13,14). The molecular formula is C12H15N3O2. The van der Waals surface area contributed by atoms with Crippen LogP contribution in [0, 0.1) is 13.8 Å². The van der Waals surface area contributed by atoms with Crippen molar-refractivity contribution >= 4 is 5.82 Å². The molecule has 0 saturated heterocycles. The molecule has 0 unspecified atom stereocenters. The van der Waals surface area contributed by atoms with Crippen LogP contribution in [0.15, 0.2) is 22.7 Å². The molecule has 17 heavy (non-hydrogen) atoms. The maximum Gasteiger partial charge on any atom is 0.214 e. The molecule has 0 aliphatic carbocycles. The van der Waals surface area contributed by atoms with E-state index in [-0.39, 0.29) is 0 Å². The third-order valence-corrected chi connectivity index (χ3v) is 2.56. The van der Waals surface area contributed by atoms with Gasteiger partial charge >= 0.3 is 0 Å². The molecule has 2 aromatic rings. The van der Waals surface area contributed by atoms with E-state index in [0.717, 1.165) is 22.8 Å². The minimum atomic E-state index is 0.591. The van der Waals surface area contributed by atoms with Crippen LogP contribution in [0.3, 0.4) is 0 Å². The van der Waals surface area contributed by atoms with Crippen molar-refractivity contribution in [2.45, 2.75) is 20.4 Å². The van der Waals surface area contributed by atoms with Gasteiger partial charge in [-0.15, -0.1) is 0 Å². The number of ether oxygens (including phenoxy) is 1. The van der Waals surface area contributed by atoms with Gasteiger partial charge in [-0.05, 0) is 19.9 Å². The third kappa shape index (κ3) is 2.55. The minimum absolute atomic E-state index is 0.591. The molecule has 2 heterocycles. The molecule has 0 atom stereocenters. The summed E-state index contributed by atoms with van der Waals surface area (Å²) in [5.74, 6) is 2.19. The van der Waals surface area contributed by atoms with Gasteiger partial charge in [-0.1, -0.05) is 11.2 Å². The van der Waals surface area contributed by atoms with Crippen LogP contribution in [0.4, 0.5) is 5.82 Å². The molecule has 0 fully saturated rings. The first kappa shape index (κ1) is 11.4. The molecule has 0 radical (unpaired) electrons. The predicted octanol–water partition coefficient (Wildman–Crippen LogP) is 2.31. The summed E-state index contributed by atoms with van der Waals surface area (Å²) in [6, 6.07) is 5.59. The van der Waals surface area contributed by atoms with Gasteiger partial charge in [0.15, 0.2) is 0 Å². The highest BCUT2D eigenvalue weighted by Crippen LogP contribution is 2.15. The number of aryl methyl sites for hydroxylation is 2. The van der Waals surface area contributed by atoms with Crippen molar-refractivity contribution in [3.8, 4) is 5.88 Å². The molecule has 0 aliphatic heterocycles. The molecule has 5 heteroatoms. The fraction of sp³-hybridized carbons (Fsp3) is 0.333. The Morgan fingerprint density at radius 1 is 1.35 bits per heavy atom. The van der Waals surface area contributed by atoms with Crippen molar-refractivity contribution in [3.05, 3.63) is 35.2 Å². The summed E-state index contributed by atoms with van der Waals surface area (Å²) in [6.45, 7) is 4.46. The van der Waals surface area contributed by atoms with Crippen LogP contribution in [-0.2, 0) is 6.54 Å². The van der Waals surface area contributed by atoms with Gasteiger partial charge in [0.2, 0.25) is 5.88 Å². The lowest BCUT2D eigenvalue weighted by Gasteiger charge is -2.06. The van der Waals surface area contributed by atoms with E-state index in [2.05, 4.69) is 15.5 Å². The fourth-order valence-corrected chi connectivity index (χ4v) is 1.56. The van der Waals surface area contributed by atoms with Crippen molar-refractivity contribution in [2.75, 3.05) is 12.4 Å². The Bertz CT molecular complexity index is 489. The lowest BCUT2D eigenvalue weighted by atomic mass is 10.2. The number of aromatic nitrogens is 2. The highest BCUT2D eigenvalue weighted by molar-refractivity contribution is 5.38. The normalized spacial score (nSPS) is 10.3. The van der Waals surface area contributed by atoms with Crippen molar-refractivity contribution < 1.29 is 9.26 Å². The lowest BCUT2D eigenvalue weighted by Crippen LogP contribution is -2.03. The molecular weight excluding hydrogens is 218 g/mol. The third-order valence-electron chi connectivity index (χ3n) is 2.56. The number of nitrogens with one attached hydrogen (secondary N) is 1. The molecule has 2 aromatic heterocycles. The molecule has 0 aromatic carbocycles. The van der Waals surface area contributed by atoms with Gasteiger partial charge in [0, 0.05) is 18.2 Å². The Morgan fingerprint density at radius 2 is 2.18 bits per heavy atom. The quantitative estimate of drug-likeness (QED) is 0.878. The number of pyridine rings is 1. The molecule has 5 nitrogen and oxygen atoms in total. The topological polar surface area (TPSA) is 60.2 Å². The van der Waals surface area contributed by atoms with Crippen molar-refractivity contribution in [1.29, 1.82) is 0 Å². The molecule has 0 aliphatic rings. The van der Waals surface area contributed by atoms with Crippen LogP contribution in [0.2, 0.25) is 0 Å². The molecule has 0 amide bonds. The summed E-state index contributed by atoms with van der Waals surface area (Å²) < 4.78 is 10.2. The predicted molar refractivity (Wildman–Crippen MR) is 64.1 cm³/mol. The molecule has 0 saturated carbocycles. The van der Waals surface area contributed by atoms with E-state index in [4.69, 9.17) is 9.26 Å².